The number of piperazine rings is 1. The normalized spacial score (nSPS) is 23.2. The molecule has 1 unspecified atom stereocenters. The highest BCUT2D eigenvalue weighted by molar-refractivity contribution is 5.76. The summed E-state index contributed by atoms with van der Waals surface area (Å²) in [4.78, 5) is 30.7. The minimum Gasteiger partial charge on any atom is -0.341 e. The van der Waals surface area contributed by atoms with Crippen LogP contribution in [0.4, 0.5) is 0 Å². The zero-order valence-electron chi connectivity index (χ0n) is 16.1. The number of aromatic nitrogens is 2. The van der Waals surface area contributed by atoms with Crippen LogP contribution in [0.5, 0.6) is 0 Å². The number of amides is 1. The summed E-state index contributed by atoms with van der Waals surface area (Å²) in [6.45, 7) is 8.44. The number of nitrogens with zero attached hydrogens (tertiary/aromatic N) is 5. The van der Waals surface area contributed by atoms with Gasteiger partial charge in [0.2, 0.25) is 5.91 Å². The Morgan fingerprint density at radius 2 is 1.77 bits per heavy atom. The van der Waals surface area contributed by atoms with E-state index in [0.717, 1.165) is 64.2 Å². The van der Waals surface area contributed by atoms with Gasteiger partial charge in [-0.25, -0.2) is 4.68 Å². The molecule has 2 aliphatic rings. The highest BCUT2D eigenvalue weighted by Gasteiger charge is 2.26. The molecule has 7 heteroatoms. The monoisotopic (exact) mass is 361 g/mol. The van der Waals surface area contributed by atoms with Crippen molar-refractivity contribution in [2.45, 2.75) is 45.2 Å². The average molecular weight is 361 g/mol. The number of likely N-dealkylation sites (tertiary alicyclic amines) is 1. The van der Waals surface area contributed by atoms with Gasteiger partial charge in [0.05, 0.1) is 12.2 Å². The van der Waals surface area contributed by atoms with Gasteiger partial charge in [-0.1, -0.05) is 6.42 Å². The molecule has 3 rings (SSSR count). The third-order valence-electron chi connectivity index (χ3n) is 5.68. The van der Waals surface area contributed by atoms with Crippen LogP contribution in [-0.2, 0) is 11.3 Å². The third-order valence-corrected chi connectivity index (χ3v) is 5.68. The molecule has 2 aliphatic heterocycles. The second-order valence-corrected chi connectivity index (χ2v) is 7.58. The molecule has 0 radical (unpaired) electrons. The first kappa shape index (κ1) is 19.0. The summed E-state index contributed by atoms with van der Waals surface area (Å²) in [6.07, 6.45) is 4.00. The average Bonchev–Trinajstić information content (AvgIpc) is 2.79. The van der Waals surface area contributed by atoms with Gasteiger partial charge in [0.15, 0.2) is 0 Å². The van der Waals surface area contributed by atoms with Crippen molar-refractivity contribution in [1.82, 2.24) is 24.5 Å². The highest BCUT2D eigenvalue weighted by Crippen LogP contribution is 2.18. The van der Waals surface area contributed by atoms with Crippen LogP contribution in [0.2, 0.25) is 0 Å². The summed E-state index contributed by atoms with van der Waals surface area (Å²) in [5, 5.41) is 4.30. The largest absolute Gasteiger partial charge is 0.341 e. The number of aryl methyl sites for hydroxylation is 1. The van der Waals surface area contributed by atoms with E-state index in [1.54, 1.807) is 16.8 Å². The standard InChI is InChI=1S/C19H31N5O2/c1-16-7-8-19(26)24(20-16)14-13-22-9-11-23(12-10-22)15-17-5-3-4-6-18(25)21(17)2/h7-8,17H,3-6,9-15H2,1-2H3. The third kappa shape index (κ3) is 4.92. The number of rotatable bonds is 5. The van der Waals surface area contributed by atoms with Gasteiger partial charge < -0.3 is 4.90 Å². The van der Waals surface area contributed by atoms with Crippen LogP contribution in [0, 0.1) is 6.92 Å². The molecule has 1 aromatic heterocycles. The van der Waals surface area contributed by atoms with Gasteiger partial charge in [-0.15, -0.1) is 0 Å². The molecule has 0 aromatic carbocycles. The molecular formula is C19H31N5O2. The Balaban J connectivity index is 1.44. The Morgan fingerprint density at radius 1 is 1.04 bits per heavy atom. The zero-order chi connectivity index (χ0) is 18.5. The lowest BCUT2D eigenvalue weighted by molar-refractivity contribution is -0.131. The Morgan fingerprint density at radius 3 is 2.54 bits per heavy atom. The molecule has 144 valence electrons. The Labute approximate surface area is 155 Å². The number of likely N-dealkylation sites (N-methyl/N-ethyl adjacent to an activating group) is 1. The van der Waals surface area contributed by atoms with Gasteiger partial charge in [0.1, 0.15) is 0 Å². The summed E-state index contributed by atoms with van der Waals surface area (Å²) in [7, 11) is 1.96. The van der Waals surface area contributed by atoms with E-state index in [0.29, 0.717) is 24.9 Å². The number of hydrogen-bond acceptors (Lipinski definition) is 5. The first-order valence-electron chi connectivity index (χ1n) is 9.78. The minimum atomic E-state index is -0.0321. The molecule has 1 amide bonds. The van der Waals surface area contributed by atoms with Crippen LogP contribution in [0.3, 0.4) is 0 Å². The van der Waals surface area contributed by atoms with Crippen LogP contribution in [0.15, 0.2) is 16.9 Å². The van der Waals surface area contributed by atoms with E-state index < -0.39 is 0 Å². The SMILES string of the molecule is Cc1ccc(=O)n(CCN2CCN(CC3CCCCC(=O)N3C)CC2)n1. The first-order chi connectivity index (χ1) is 12.5. The van der Waals surface area contributed by atoms with Gasteiger partial charge in [-0.3, -0.25) is 19.4 Å². The van der Waals surface area contributed by atoms with Crippen molar-refractivity contribution in [3.8, 4) is 0 Å². The quantitative estimate of drug-likeness (QED) is 0.767. The topological polar surface area (TPSA) is 61.7 Å². The molecule has 2 fully saturated rings. The minimum absolute atomic E-state index is 0.0321. The zero-order valence-corrected chi connectivity index (χ0v) is 16.1. The van der Waals surface area contributed by atoms with E-state index in [-0.39, 0.29) is 5.56 Å². The van der Waals surface area contributed by atoms with Gasteiger partial charge in [-0.2, -0.15) is 5.10 Å². The summed E-state index contributed by atoms with van der Waals surface area (Å²) in [5.41, 5.74) is 0.840. The number of carbonyl (C=O) groups excluding carboxylic acids is 1. The van der Waals surface area contributed by atoms with Crippen molar-refractivity contribution in [2.75, 3.05) is 46.3 Å². The van der Waals surface area contributed by atoms with Crippen molar-refractivity contribution in [3.05, 3.63) is 28.2 Å². The molecule has 1 atom stereocenters. The Kier molecular flexibility index (Phi) is 6.43. The lowest BCUT2D eigenvalue weighted by Crippen LogP contribution is -2.52. The fourth-order valence-corrected chi connectivity index (χ4v) is 3.88. The van der Waals surface area contributed by atoms with Crippen molar-refractivity contribution in [2.24, 2.45) is 0 Å². The maximum atomic E-state index is 12.1. The molecule has 0 bridgehead atoms. The van der Waals surface area contributed by atoms with Crippen LogP contribution < -0.4 is 5.56 Å². The van der Waals surface area contributed by atoms with Crippen LogP contribution in [0.1, 0.15) is 31.4 Å². The lowest BCUT2D eigenvalue weighted by Gasteiger charge is -2.38. The van der Waals surface area contributed by atoms with Crippen LogP contribution in [-0.4, -0.2) is 82.7 Å². The second kappa shape index (κ2) is 8.77. The molecular weight excluding hydrogens is 330 g/mol. The molecule has 0 saturated carbocycles. The van der Waals surface area contributed by atoms with E-state index in [1.807, 2.05) is 18.9 Å². The smallest absolute Gasteiger partial charge is 0.266 e. The highest BCUT2D eigenvalue weighted by atomic mass is 16.2. The molecule has 26 heavy (non-hydrogen) atoms. The predicted molar refractivity (Wildman–Crippen MR) is 101 cm³/mol. The van der Waals surface area contributed by atoms with Gasteiger partial charge in [0.25, 0.3) is 5.56 Å². The molecule has 2 saturated heterocycles. The molecule has 1 aromatic rings. The van der Waals surface area contributed by atoms with E-state index in [9.17, 15) is 9.59 Å². The van der Waals surface area contributed by atoms with Gasteiger partial charge in [0, 0.05) is 64.8 Å². The molecule has 0 aliphatic carbocycles. The van der Waals surface area contributed by atoms with E-state index in [4.69, 9.17) is 0 Å². The van der Waals surface area contributed by atoms with Crippen molar-refractivity contribution >= 4 is 5.91 Å². The lowest BCUT2D eigenvalue weighted by atomic mass is 10.1. The Hall–Kier alpha value is -1.73. The summed E-state index contributed by atoms with van der Waals surface area (Å²) in [6, 6.07) is 3.70. The molecule has 3 heterocycles. The second-order valence-electron chi connectivity index (χ2n) is 7.58. The fraction of sp³-hybridized carbons (Fsp3) is 0.737. The summed E-state index contributed by atoms with van der Waals surface area (Å²) in [5.74, 6) is 0.294. The number of carbonyl (C=O) groups is 1. The van der Waals surface area contributed by atoms with Gasteiger partial charge >= 0.3 is 0 Å². The molecule has 0 N–H and O–H groups in total. The maximum Gasteiger partial charge on any atom is 0.266 e. The van der Waals surface area contributed by atoms with Crippen molar-refractivity contribution in [3.63, 3.8) is 0 Å². The van der Waals surface area contributed by atoms with E-state index >= 15 is 0 Å². The summed E-state index contributed by atoms with van der Waals surface area (Å²) < 4.78 is 1.56. The number of hydrogen-bond donors (Lipinski definition) is 0. The maximum absolute atomic E-state index is 12.1. The Bertz CT molecular complexity index is 666. The molecule has 0 spiro atoms. The van der Waals surface area contributed by atoms with Crippen LogP contribution >= 0.6 is 0 Å². The van der Waals surface area contributed by atoms with E-state index in [1.165, 1.54) is 0 Å². The van der Waals surface area contributed by atoms with Crippen LogP contribution in [0.25, 0.3) is 0 Å². The van der Waals surface area contributed by atoms with E-state index in [2.05, 4.69) is 14.9 Å². The van der Waals surface area contributed by atoms with Crippen molar-refractivity contribution < 1.29 is 4.79 Å². The van der Waals surface area contributed by atoms with Gasteiger partial charge in [-0.05, 0) is 25.8 Å². The van der Waals surface area contributed by atoms with Crippen molar-refractivity contribution in [1.29, 1.82) is 0 Å². The fourth-order valence-electron chi connectivity index (χ4n) is 3.88. The first-order valence-corrected chi connectivity index (χ1v) is 9.78. The molecule has 7 nitrogen and oxygen atoms in total. The summed E-state index contributed by atoms with van der Waals surface area (Å²) >= 11 is 0. The predicted octanol–water partition coefficient (Wildman–Crippen LogP) is 0.570.